The van der Waals surface area contributed by atoms with Crippen molar-refractivity contribution >= 4 is 17.7 Å². The summed E-state index contributed by atoms with van der Waals surface area (Å²) >= 11 is 0. The third kappa shape index (κ3) is 5.17. The van der Waals surface area contributed by atoms with Crippen molar-refractivity contribution in [2.24, 2.45) is 0 Å². The van der Waals surface area contributed by atoms with Crippen LogP contribution in [-0.4, -0.2) is 43.7 Å². The molecule has 0 saturated heterocycles. The van der Waals surface area contributed by atoms with Crippen molar-refractivity contribution in [2.75, 3.05) is 32.1 Å². The molecule has 1 rings (SSSR count). The average molecular weight is 280 g/mol. The van der Waals surface area contributed by atoms with E-state index in [9.17, 15) is 9.59 Å². The average Bonchev–Trinajstić information content (AvgIpc) is 2.45. The summed E-state index contributed by atoms with van der Waals surface area (Å²) in [5, 5.41) is 2.74. The van der Waals surface area contributed by atoms with Crippen LogP contribution < -0.4 is 10.1 Å². The van der Waals surface area contributed by atoms with E-state index in [1.54, 1.807) is 43.1 Å². The lowest BCUT2D eigenvalue weighted by molar-refractivity contribution is -0.145. The number of rotatable bonds is 6. The summed E-state index contributed by atoms with van der Waals surface area (Å²) in [5.41, 5.74) is 0.608. The predicted octanol–water partition coefficient (Wildman–Crippen LogP) is 2.11. The van der Waals surface area contributed by atoms with Crippen molar-refractivity contribution in [3.63, 3.8) is 0 Å². The molecule has 6 heteroatoms. The van der Waals surface area contributed by atoms with Crippen LogP contribution in [0.2, 0.25) is 0 Å². The Bertz CT molecular complexity index is 462. The molecule has 20 heavy (non-hydrogen) atoms. The Morgan fingerprint density at radius 2 is 2.05 bits per heavy atom. The lowest BCUT2D eigenvalue weighted by Crippen LogP contribution is -2.30. The maximum Gasteiger partial charge on any atom is 0.344 e. The molecule has 0 heterocycles. The molecule has 110 valence electrons. The molecule has 0 aliphatic heterocycles. The Morgan fingerprint density at radius 1 is 1.30 bits per heavy atom. The number of esters is 1. The first-order valence-electron chi connectivity index (χ1n) is 6.47. The number of hydrogen-bond donors (Lipinski definition) is 1. The summed E-state index contributed by atoms with van der Waals surface area (Å²) in [6, 6.07) is 6.65. The van der Waals surface area contributed by atoms with Crippen LogP contribution in [0.3, 0.4) is 0 Å². The molecule has 0 aliphatic carbocycles. The lowest BCUT2D eigenvalue weighted by atomic mass is 10.3. The summed E-state index contributed by atoms with van der Waals surface area (Å²) in [6.45, 7) is 4.41. The van der Waals surface area contributed by atoms with Crippen LogP contribution in [0.4, 0.5) is 10.5 Å². The van der Waals surface area contributed by atoms with Crippen LogP contribution in [0.5, 0.6) is 5.75 Å². The quantitative estimate of drug-likeness (QED) is 0.810. The van der Waals surface area contributed by atoms with Gasteiger partial charge in [-0.1, -0.05) is 6.07 Å². The van der Waals surface area contributed by atoms with Crippen LogP contribution in [0.1, 0.15) is 13.8 Å². The normalized spacial score (nSPS) is 9.75. The minimum Gasteiger partial charge on any atom is -0.482 e. The fraction of sp³-hybridized carbons (Fsp3) is 0.429. The van der Waals surface area contributed by atoms with Gasteiger partial charge in [-0.25, -0.2) is 9.59 Å². The van der Waals surface area contributed by atoms with Crippen molar-refractivity contribution < 1.29 is 19.1 Å². The van der Waals surface area contributed by atoms with Gasteiger partial charge in [0, 0.05) is 25.3 Å². The van der Waals surface area contributed by atoms with Crippen LogP contribution >= 0.6 is 0 Å². The molecule has 2 amide bonds. The number of nitrogens with zero attached hydrogens (tertiary/aromatic N) is 1. The van der Waals surface area contributed by atoms with Gasteiger partial charge in [0.2, 0.25) is 0 Å². The van der Waals surface area contributed by atoms with E-state index in [0.29, 0.717) is 24.6 Å². The van der Waals surface area contributed by atoms with Crippen LogP contribution in [0.15, 0.2) is 24.3 Å². The molecular weight excluding hydrogens is 260 g/mol. The third-order valence-electron chi connectivity index (χ3n) is 2.57. The predicted molar refractivity (Wildman–Crippen MR) is 75.9 cm³/mol. The van der Waals surface area contributed by atoms with E-state index < -0.39 is 5.97 Å². The van der Waals surface area contributed by atoms with Gasteiger partial charge in [0.05, 0.1) is 6.61 Å². The van der Waals surface area contributed by atoms with E-state index >= 15 is 0 Å². The molecule has 6 nitrogen and oxygen atoms in total. The van der Waals surface area contributed by atoms with Crippen LogP contribution in [-0.2, 0) is 9.53 Å². The molecule has 0 atom stereocenters. The van der Waals surface area contributed by atoms with Gasteiger partial charge in [0.15, 0.2) is 6.61 Å². The van der Waals surface area contributed by atoms with Gasteiger partial charge in [0.1, 0.15) is 5.75 Å². The van der Waals surface area contributed by atoms with E-state index in [1.807, 2.05) is 6.92 Å². The first-order valence-corrected chi connectivity index (χ1v) is 6.47. The summed E-state index contributed by atoms with van der Waals surface area (Å²) in [6.07, 6.45) is 0. The highest BCUT2D eigenvalue weighted by atomic mass is 16.6. The van der Waals surface area contributed by atoms with E-state index in [4.69, 9.17) is 9.47 Å². The molecule has 0 spiro atoms. The number of carbonyl (C=O) groups excluding carboxylic acids is 2. The zero-order valence-electron chi connectivity index (χ0n) is 12.0. The zero-order chi connectivity index (χ0) is 15.0. The second-order valence-corrected chi connectivity index (χ2v) is 4.07. The van der Waals surface area contributed by atoms with Gasteiger partial charge in [-0.3, -0.25) is 0 Å². The van der Waals surface area contributed by atoms with Crippen molar-refractivity contribution in [3.8, 4) is 5.75 Å². The Hall–Kier alpha value is -2.24. The molecule has 0 radical (unpaired) electrons. The number of hydrogen-bond acceptors (Lipinski definition) is 4. The van der Waals surface area contributed by atoms with Gasteiger partial charge in [0.25, 0.3) is 0 Å². The number of urea groups is 1. The maximum atomic E-state index is 11.7. The number of carbonyl (C=O) groups is 2. The Labute approximate surface area is 118 Å². The summed E-state index contributed by atoms with van der Waals surface area (Å²) in [4.78, 5) is 24.4. The second kappa shape index (κ2) is 8.04. The number of nitrogens with one attached hydrogen (secondary N) is 1. The number of benzene rings is 1. The van der Waals surface area contributed by atoms with Gasteiger partial charge in [-0.15, -0.1) is 0 Å². The molecule has 0 aromatic heterocycles. The molecule has 0 aliphatic rings. The first kappa shape index (κ1) is 15.8. The van der Waals surface area contributed by atoms with Crippen molar-refractivity contribution in [2.45, 2.75) is 13.8 Å². The summed E-state index contributed by atoms with van der Waals surface area (Å²) < 4.78 is 10.1. The van der Waals surface area contributed by atoms with Crippen molar-refractivity contribution in [1.29, 1.82) is 0 Å². The molecule has 0 unspecified atom stereocenters. The van der Waals surface area contributed by atoms with E-state index in [0.717, 1.165) is 0 Å². The standard InChI is InChI=1S/C14H20N2O4/c1-4-16(3)14(18)15-11-7-6-8-12(9-11)20-10-13(17)19-5-2/h6-9H,4-5,10H2,1-3H3,(H,15,18). The number of amides is 2. The molecular formula is C14H20N2O4. The van der Waals surface area contributed by atoms with Gasteiger partial charge >= 0.3 is 12.0 Å². The highest BCUT2D eigenvalue weighted by molar-refractivity contribution is 5.89. The molecule has 0 fully saturated rings. The van der Waals surface area contributed by atoms with Crippen LogP contribution in [0, 0.1) is 0 Å². The van der Waals surface area contributed by atoms with E-state index in [-0.39, 0.29) is 12.6 Å². The SMILES string of the molecule is CCOC(=O)COc1cccc(NC(=O)N(C)CC)c1. The molecule has 0 bridgehead atoms. The smallest absolute Gasteiger partial charge is 0.344 e. The van der Waals surface area contributed by atoms with Crippen LogP contribution in [0.25, 0.3) is 0 Å². The first-order chi connectivity index (χ1) is 9.56. The lowest BCUT2D eigenvalue weighted by Gasteiger charge is -2.15. The third-order valence-corrected chi connectivity index (χ3v) is 2.57. The highest BCUT2D eigenvalue weighted by Gasteiger charge is 2.08. The molecule has 1 aromatic carbocycles. The maximum absolute atomic E-state index is 11.7. The van der Waals surface area contributed by atoms with Gasteiger partial charge in [-0.05, 0) is 26.0 Å². The van der Waals surface area contributed by atoms with E-state index in [1.165, 1.54) is 0 Å². The molecule has 0 saturated carbocycles. The number of anilines is 1. The minimum absolute atomic E-state index is 0.153. The summed E-state index contributed by atoms with van der Waals surface area (Å²) in [5.74, 6) is 0.0719. The van der Waals surface area contributed by atoms with Crippen molar-refractivity contribution in [1.82, 2.24) is 4.90 Å². The topological polar surface area (TPSA) is 67.9 Å². The second-order valence-electron chi connectivity index (χ2n) is 4.07. The zero-order valence-corrected chi connectivity index (χ0v) is 12.0. The van der Waals surface area contributed by atoms with E-state index in [2.05, 4.69) is 5.32 Å². The fourth-order valence-corrected chi connectivity index (χ4v) is 1.37. The Balaban J connectivity index is 2.57. The van der Waals surface area contributed by atoms with Gasteiger partial charge < -0.3 is 19.7 Å². The monoisotopic (exact) mass is 280 g/mol. The minimum atomic E-state index is -0.423. The highest BCUT2D eigenvalue weighted by Crippen LogP contribution is 2.17. The Kier molecular flexibility index (Phi) is 6.36. The Morgan fingerprint density at radius 3 is 2.70 bits per heavy atom. The van der Waals surface area contributed by atoms with Gasteiger partial charge in [-0.2, -0.15) is 0 Å². The number of ether oxygens (including phenoxy) is 2. The largest absolute Gasteiger partial charge is 0.482 e. The molecule has 1 aromatic rings. The summed E-state index contributed by atoms with van der Waals surface area (Å²) in [7, 11) is 1.70. The fourth-order valence-electron chi connectivity index (χ4n) is 1.37. The molecule has 1 N–H and O–H groups in total. The van der Waals surface area contributed by atoms with Crippen molar-refractivity contribution in [3.05, 3.63) is 24.3 Å².